The van der Waals surface area contributed by atoms with Crippen LogP contribution >= 0.6 is 0 Å². The number of rotatable bonds is 0. The first kappa shape index (κ1) is 9.69. The molecule has 0 amide bonds. The summed E-state index contributed by atoms with van der Waals surface area (Å²) >= 11 is 0. The summed E-state index contributed by atoms with van der Waals surface area (Å²) in [5.41, 5.74) is 0. The Hall–Kier alpha value is 1.46. The average molecular weight is 128 g/mol. The van der Waals surface area contributed by atoms with E-state index in [-0.39, 0.29) is 26.2 Å². The molecule has 0 aliphatic rings. The van der Waals surface area contributed by atoms with Crippen LogP contribution in [0.3, 0.4) is 0 Å². The molecule has 0 aromatic rings. The molecule has 0 radical (unpaired) electrons. The van der Waals surface area contributed by atoms with Gasteiger partial charge in [-0.05, 0) is 19.5 Å². The van der Waals surface area contributed by atoms with Crippen molar-refractivity contribution in [2.24, 2.45) is 0 Å². The first-order chi connectivity index (χ1) is 1.73. The summed E-state index contributed by atoms with van der Waals surface area (Å²) in [6.45, 7) is 0. The largest absolute Gasteiger partial charge is 1.00 e. The monoisotopic (exact) mass is 128 g/mol. The van der Waals surface area contributed by atoms with Crippen LogP contribution in [-0.2, 0) is 0 Å². The van der Waals surface area contributed by atoms with E-state index in [1.54, 1.807) is 19.5 Å². The molecule has 0 atom stereocenters. The van der Waals surface area contributed by atoms with Gasteiger partial charge >= 0.3 is 18.9 Å². The van der Waals surface area contributed by atoms with Crippen LogP contribution in [0, 0.1) is 0 Å². The maximum absolute atomic E-state index is 2.27. The first-order valence-electron chi connectivity index (χ1n) is 1.56. The fraction of sp³-hybridized carbons (Fsp3) is 0. The van der Waals surface area contributed by atoms with Gasteiger partial charge in [0, 0.05) is 0 Å². The van der Waals surface area contributed by atoms with Gasteiger partial charge in [0.05, 0.1) is 0 Å². The standard InChI is InChI=1S/Li.H9Si4/c;1-4(2)3/h;4H,1H2,2-3H3/q+1;-1. The molecule has 0 fully saturated rings. The van der Waals surface area contributed by atoms with Crippen molar-refractivity contribution in [2.75, 3.05) is 0 Å². The van der Waals surface area contributed by atoms with Crippen LogP contribution in [0.2, 0.25) is 0 Å². The van der Waals surface area contributed by atoms with E-state index in [9.17, 15) is 0 Å². The third kappa shape index (κ3) is 30.6. The summed E-state index contributed by atoms with van der Waals surface area (Å²) in [5.74, 6) is 0. The van der Waals surface area contributed by atoms with Gasteiger partial charge in [0.15, 0.2) is 0 Å². The molecule has 0 spiro atoms. The second kappa shape index (κ2) is 5.46. The molecule has 0 rings (SSSR count). The van der Waals surface area contributed by atoms with Crippen LogP contribution < -0.4 is 18.9 Å². The molecular weight excluding hydrogens is 119 g/mol. The Bertz CT molecular complexity index is 8.36. The van der Waals surface area contributed by atoms with Crippen molar-refractivity contribution in [2.45, 2.75) is 0 Å². The van der Waals surface area contributed by atoms with Gasteiger partial charge in [-0.1, -0.05) is 0 Å². The fourth-order valence-electron chi connectivity index (χ4n) is 0. The predicted molar refractivity (Wildman–Crippen MR) is 35.6 cm³/mol. The molecule has 0 saturated carbocycles. The van der Waals surface area contributed by atoms with Crippen LogP contribution in [0.25, 0.3) is 0 Å². The fourth-order valence-corrected chi connectivity index (χ4v) is 0. The quantitative estimate of drug-likeness (QED) is 0.285. The van der Waals surface area contributed by atoms with Crippen LogP contribution in [0.15, 0.2) is 0 Å². The molecule has 5 heteroatoms. The van der Waals surface area contributed by atoms with Crippen molar-refractivity contribution in [3.8, 4) is 0 Å². The minimum absolute atomic E-state index is 0. The summed E-state index contributed by atoms with van der Waals surface area (Å²) in [6, 6.07) is 0. The Kier molecular flexibility index (Phi) is 10.6. The molecule has 5 heavy (non-hydrogen) atoms. The maximum Gasteiger partial charge on any atom is 1.00 e. The van der Waals surface area contributed by atoms with Gasteiger partial charge in [0.1, 0.15) is 0 Å². The molecular formula is H9LiSi4. The van der Waals surface area contributed by atoms with Crippen molar-refractivity contribution in [1.29, 1.82) is 0 Å². The SMILES string of the molecule is [Li+].[SiH2-][SiH]([SiH3])[SiH3]. The second-order valence-electron chi connectivity index (χ2n) is 1.39. The molecule has 0 nitrogen and oxygen atoms in total. The minimum atomic E-state index is 0. The molecule has 0 unspecified atom stereocenters. The summed E-state index contributed by atoms with van der Waals surface area (Å²) in [5, 5.41) is 0. The summed E-state index contributed by atoms with van der Waals surface area (Å²) in [4.78, 5) is 0. The summed E-state index contributed by atoms with van der Waals surface area (Å²) in [7, 11) is 5.56. The van der Waals surface area contributed by atoms with Gasteiger partial charge in [0.25, 0.3) is 0 Å². The zero-order valence-corrected chi connectivity index (χ0v) is 10.9. The molecule has 0 aromatic heterocycles. The van der Waals surface area contributed by atoms with E-state index in [2.05, 4.69) is 9.76 Å². The molecule has 0 aromatic carbocycles. The summed E-state index contributed by atoms with van der Waals surface area (Å²) in [6.07, 6.45) is 0. The minimum Gasteiger partial charge on any atom is -0.303 e. The molecule has 0 N–H and O–H groups in total. The van der Waals surface area contributed by atoms with E-state index in [4.69, 9.17) is 0 Å². The molecule has 0 heterocycles. The van der Waals surface area contributed by atoms with Gasteiger partial charge in [-0.15, -0.1) is 7.35 Å². The van der Waals surface area contributed by atoms with Crippen molar-refractivity contribution in [1.82, 2.24) is 0 Å². The van der Waals surface area contributed by atoms with Crippen molar-refractivity contribution in [3.05, 3.63) is 0 Å². The second-order valence-corrected chi connectivity index (χ2v) is 37.6. The van der Waals surface area contributed by atoms with E-state index in [1.807, 2.05) is 0 Å². The topological polar surface area (TPSA) is 0 Å². The van der Waals surface area contributed by atoms with E-state index >= 15 is 0 Å². The zero-order valence-electron chi connectivity index (χ0n) is 4.28. The zero-order chi connectivity index (χ0) is 3.58. The Labute approximate surface area is 55.5 Å². The Morgan fingerprint density at radius 3 is 1.40 bits per heavy atom. The van der Waals surface area contributed by atoms with E-state index in [0.29, 0.717) is 0 Å². The van der Waals surface area contributed by atoms with Gasteiger partial charge in [-0.25, -0.2) is 0 Å². The third-order valence-corrected chi connectivity index (χ3v) is 0. The van der Waals surface area contributed by atoms with Crippen LogP contribution in [0.5, 0.6) is 0 Å². The van der Waals surface area contributed by atoms with E-state index in [0.717, 1.165) is 0 Å². The average Bonchev–Trinajstić information content (AvgIpc) is 0.811. The summed E-state index contributed by atoms with van der Waals surface area (Å²) < 4.78 is 0. The van der Waals surface area contributed by atoms with Crippen LogP contribution in [-0.4, -0.2) is 36.6 Å². The van der Waals surface area contributed by atoms with E-state index in [1.165, 1.54) is 0 Å². The van der Waals surface area contributed by atoms with Gasteiger partial charge < -0.3 is 9.76 Å². The number of hydrogen-bond donors (Lipinski definition) is 0. The Morgan fingerprint density at radius 2 is 1.40 bits per heavy atom. The van der Waals surface area contributed by atoms with E-state index < -0.39 is 0 Å². The smallest absolute Gasteiger partial charge is 0.303 e. The number of hydrogen-bond acceptors (Lipinski definition) is 0. The van der Waals surface area contributed by atoms with Gasteiger partial charge in [0.2, 0.25) is 0 Å². The molecule has 26 valence electrons. The first-order valence-corrected chi connectivity index (χ1v) is 14.1. The van der Waals surface area contributed by atoms with Crippen molar-refractivity contribution in [3.63, 3.8) is 0 Å². The Balaban J connectivity index is 0. The van der Waals surface area contributed by atoms with Crippen LogP contribution in [0.4, 0.5) is 0 Å². The van der Waals surface area contributed by atoms with Gasteiger partial charge in [-0.2, -0.15) is 0 Å². The molecule has 0 aliphatic heterocycles. The third-order valence-electron chi connectivity index (χ3n) is 0. The molecule has 0 bridgehead atoms. The van der Waals surface area contributed by atoms with Crippen molar-refractivity contribution < 1.29 is 18.9 Å². The predicted octanol–water partition coefficient (Wildman–Crippen LogP) is -6.93. The van der Waals surface area contributed by atoms with Gasteiger partial charge in [-0.3, -0.25) is 0 Å². The van der Waals surface area contributed by atoms with Crippen LogP contribution in [0.1, 0.15) is 0 Å². The van der Waals surface area contributed by atoms with Crippen molar-refractivity contribution >= 4 is 36.6 Å². The maximum atomic E-state index is 2.27. The normalized spacial score (nSPS) is 13.8. The molecule has 0 saturated heterocycles. The molecule has 0 aliphatic carbocycles. The Morgan fingerprint density at radius 1 is 1.40 bits per heavy atom.